The number of rotatable bonds is 1. The summed E-state index contributed by atoms with van der Waals surface area (Å²) in [6, 6.07) is 0. The second-order valence-corrected chi connectivity index (χ2v) is 2.53. The summed E-state index contributed by atoms with van der Waals surface area (Å²) in [4.78, 5) is 25.2. The molecule has 0 saturated heterocycles. The van der Waals surface area contributed by atoms with Gasteiger partial charge in [-0.05, 0) is 0 Å². The van der Waals surface area contributed by atoms with E-state index in [2.05, 4.69) is 24.7 Å². The van der Waals surface area contributed by atoms with Crippen LogP contribution in [0.4, 0.5) is 5.82 Å². The van der Waals surface area contributed by atoms with Crippen molar-refractivity contribution in [1.82, 2.24) is 19.9 Å². The van der Waals surface area contributed by atoms with Crippen molar-refractivity contribution in [2.45, 2.75) is 0 Å². The van der Waals surface area contributed by atoms with Crippen molar-refractivity contribution in [3.8, 4) is 0 Å². The van der Waals surface area contributed by atoms with Crippen LogP contribution in [-0.2, 0) is 4.74 Å². The van der Waals surface area contributed by atoms with E-state index >= 15 is 0 Å². The van der Waals surface area contributed by atoms with E-state index in [1.165, 1.54) is 13.4 Å². The highest BCUT2D eigenvalue weighted by molar-refractivity contribution is 5.91. The zero-order valence-corrected chi connectivity index (χ0v) is 7.31. The van der Waals surface area contributed by atoms with Crippen LogP contribution >= 0.6 is 0 Å². The van der Waals surface area contributed by atoms with Crippen LogP contribution < -0.4 is 5.73 Å². The number of carbonyl (C=O) groups is 1. The smallest absolute Gasteiger partial charge is 0.374 e. The number of ether oxygens (including phenoxy) is 1. The summed E-state index contributed by atoms with van der Waals surface area (Å²) in [5.41, 5.74) is 6.32. The van der Waals surface area contributed by atoms with Gasteiger partial charge in [-0.3, -0.25) is 0 Å². The molecule has 0 amide bonds. The first-order valence-electron chi connectivity index (χ1n) is 3.77. The lowest BCUT2D eigenvalue weighted by atomic mass is 10.5. The number of anilines is 1. The zero-order valence-electron chi connectivity index (χ0n) is 7.31. The van der Waals surface area contributed by atoms with Gasteiger partial charge in [0.15, 0.2) is 11.5 Å². The number of nitrogens with two attached hydrogens (primary N) is 1. The van der Waals surface area contributed by atoms with E-state index in [9.17, 15) is 4.79 Å². The Kier molecular flexibility index (Phi) is 1.77. The van der Waals surface area contributed by atoms with Crippen molar-refractivity contribution in [1.29, 1.82) is 0 Å². The summed E-state index contributed by atoms with van der Waals surface area (Å²) in [5, 5.41) is 0. The third-order valence-corrected chi connectivity index (χ3v) is 1.70. The Morgan fingerprint density at radius 1 is 1.57 bits per heavy atom. The minimum absolute atomic E-state index is 0.0645. The Hall–Kier alpha value is -2.18. The third-order valence-electron chi connectivity index (χ3n) is 1.70. The van der Waals surface area contributed by atoms with Gasteiger partial charge in [-0.1, -0.05) is 0 Å². The fourth-order valence-electron chi connectivity index (χ4n) is 1.04. The molecular formula is C7H7N5O2. The summed E-state index contributed by atoms with van der Waals surface area (Å²) in [6.07, 6.45) is 1.28. The number of nitrogens with zero attached hydrogens (tertiary/aromatic N) is 3. The quantitative estimate of drug-likeness (QED) is 0.603. The van der Waals surface area contributed by atoms with E-state index in [1.54, 1.807) is 0 Å². The third kappa shape index (κ3) is 1.15. The Morgan fingerprint density at radius 2 is 2.36 bits per heavy atom. The number of hydrogen-bond donors (Lipinski definition) is 2. The van der Waals surface area contributed by atoms with Crippen molar-refractivity contribution in [3.05, 3.63) is 12.2 Å². The molecule has 0 saturated carbocycles. The molecule has 0 aliphatic heterocycles. The molecular weight excluding hydrogens is 186 g/mol. The van der Waals surface area contributed by atoms with Crippen LogP contribution in [0.1, 0.15) is 10.6 Å². The Morgan fingerprint density at radius 3 is 3.00 bits per heavy atom. The summed E-state index contributed by atoms with van der Waals surface area (Å²) in [7, 11) is 1.27. The summed E-state index contributed by atoms with van der Waals surface area (Å²) in [5.74, 6) is -0.255. The molecule has 0 spiro atoms. The maximum atomic E-state index is 11.1. The fourth-order valence-corrected chi connectivity index (χ4v) is 1.04. The van der Waals surface area contributed by atoms with E-state index < -0.39 is 5.97 Å². The largest absolute Gasteiger partial charge is 0.463 e. The molecule has 0 aliphatic rings. The van der Waals surface area contributed by atoms with Crippen molar-refractivity contribution < 1.29 is 9.53 Å². The number of carbonyl (C=O) groups excluding carboxylic acids is 1. The van der Waals surface area contributed by atoms with E-state index in [1.807, 2.05) is 0 Å². The molecule has 2 aromatic heterocycles. The number of aromatic nitrogens is 4. The van der Waals surface area contributed by atoms with Gasteiger partial charge in [-0.2, -0.15) is 0 Å². The molecule has 2 aromatic rings. The predicted octanol–water partition coefficient (Wildman–Crippen LogP) is -0.278. The molecule has 0 atom stereocenters. The van der Waals surface area contributed by atoms with Gasteiger partial charge in [0.1, 0.15) is 11.8 Å². The van der Waals surface area contributed by atoms with Gasteiger partial charge in [0.25, 0.3) is 0 Å². The van der Waals surface area contributed by atoms with E-state index in [-0.39, 0.29) is 11.6 Å². The molecule has 0 aliphatic carbocycles. The maximum Gasteiger partial charge on any atom is 0.374 e. The van der Waals surface area contributed by atoms with Crippen LogP contribution in [0.5, 0.6) is 0 Å². The SMILES string of the molecule is COC(=O)c1nc2ncnc(N)c2[nH]1. The number of hydrogen-bond acceptors (Lipinski definition) is 6. The summed E-state index contributed by atoms with van der Waals surface area (Å²) >= 11 is 0. The van der Waals surface area contributed by atoms with Crippen LogP contribution in [-0.4, -0.2) is 33.0 Å². The molecule has 0 bridgehead atoms. The highest BCUT2D eigenvalue weighted by atomic mass is 16.5. The molecule has 0 aromatic carbocycles. The van der Waals surface area contributed by atoms with Gasteiger partial charge in [0.2, 0.25) is 5.82 Å². The Bertz CT molecular complexity index is 492. The minimum Gasteiger partial charge on any atom is -0.463 e. The fraction of sp³-hybridized carbons (Fsp3) is 0.143. The molecule has 2 rings (SSSR count). The molecule has 3 N–H and O–H groups in total. The maximum absolute atomic E-state index is 11.1. The highest BCUT2D eigenvalue weighted by Crippen LogP contribution is 2.13. The van der Waals surface area contributed by atoms with E-state index in [4.69, 9.17) is 5.73 Å². The monoisotopic (exact) mass is 193 g/mol. The topological polar surface area (TPSA) is 107 Å². The predicted molar refractivity (Wildman–Crippen MR) is 47.4 cm³/mol. The van der Waals surface area contributed by atoms with E-state index in [0.717, 1.165) is 0 Å². The molecule has 0 fully saturated rings. The average Bonchev–Trinajstić information content (AvgIpc) is 2.62. The van der Waals surface area contributed by atoms with Crippen molar-refractivity contribution in [2.24, 2.45) is 0 Å². The van der Waals surface area contributed by atoms with Crippen LogP contribution in [0.25, 0.3) is 11.2 Å². The van der Waals surface area contributed by atoms with Crippen LogP contribution in [0.15, 0.2) is 6.33 Å². The van der Waals surface area contributed by atoms with Gasteiger partial charge in [-0.25, -0.2) is 19.7 Å². The first kappa shape index (κ1) is 8.42. The van der Waals surface area contributed by atoms with Crippen molar-refractivity contribution in [2.75, 3.05) is 12.8 Å². The Balaban J connectivity index is 2.62. The van der Waals surface area contributed by atoms with Gasteiger partial charge >= 0.3 is 5.97 Å². The van der Waals surface area contributed by atoms with Gasteiger partial charge in [-0.15, -0.1) is 0 Å². The number of methoxy groups -OCH3 is 1. The first-order valence-corrected chi connectivity index (χ1v) is 3.77. The lowest BCUT2D eigenvalue weighted by Crippen LogP contribution is -2.03. The number of esters is 1. The zero-order chi connectivity index (χ0) is 10.1. The number of nitrogens with one attached hydrogen (secondary N) is 1. The van der Waals surface area contributed by atoms with E-state index in [0.29, 0.717) is 11.2 Å². The second-order valence-electron chi connectivity index (χ2n) is 2.53. The molecule has 7 heteroatoms. The summed E-state index contributed by atoms with van der Waals surface area (Å²) in [6.45, 7) is 0. The van der Waals surface area contributed by atoms with Crippen LogP contribution in [0.3, 0.4) is 0 Å². The lowest BCUT2D eigenvalue weighted by molar-refractivity contribution is 0.0588. The summed E-state index contributed by atoms with van der Waals surface area (Å²) < 4.78 is 4.48. The average molecular weight is 193 g/mol. The highest BCUT2D eigenvalue weighted by Gasteiger charge is 2.13. The van der Waals surface area contributed by atoms with Gasteiger partial charge in [0, 0.05) is 0 Å². The molecule has 0 radical (unpaired) electrons. The van der Waals surface area contributed by atoms with Crippen LogP contribution in [0.2, 0.25) is 0 Å². The van der Waals surface area contributed by atoms with Crippen molar-refractivity contribution >= 4 is 23.0 Å². The van der Waals surface area contributed by atoms with Gasteiger partial charge < -0.3 is 15.5 Å². The molecule has 0 unspecified atom stereocenters. The molecule has 2 heterocycles. The lowest BCUT2D eigenvalue weighted by Gasteiger charge is -1.91. The normalized spacial score (nSPS) is 10.4. The minimum atomic E-state index is -0.567. The molecule has 14 heavy (non-hydrogen) atoms. The number of H-pyrrole nitrogens is 1. The van der Waals surface area contributed by atoms with Crippen LogP contribution in [0, 0.1) is 0 Å². The Labute approximate surface area is 78.3 Å². The molecule has 7 nitrogen and oxygen atoms in total. The number of nitrogen functional groups attached to an aromatic ring is 1. The van der Waals surface area contributed by atoms with Crippen molar-refractivity contribution in [3.63, 3.8) is 0 Å². The first-order chi connectivity index (χ1) is 6.72. The standard InChI is InChI=1S/C7H7N5O2/c1-14-7(13)6-11-3-4(8)9-2-10-5(3)12-6/h2H,1H3,(H3,8,9,10,11,12). The molecule has 72 valence electrons. The number of imidazole rings is 1. The van der Waals surface area contributed by atoms with Gasteiger partial charge in [0.05, 0.1) is 7.11 Å². The number of aromatic amines is 1. The second kappa shape index (κ2) is 2.95. The number of fused-ring (bicyclic) bond motifs is 1.